The van der Waals surface area contributed by atoms with Crippen LogP contribution in [0.2, 0.25) is 0 Å². The fourth-order valence-electron chi connectivity index (χ4n) is 3.33. The van der Waals surface area contributed by atoms with Crippen LogP contribution in [0.25, 0.3) is 0 Å². The number of ether oxygens (including phenoxy) is 1. The summed E-state index contributed by atoms with van der Waals surface area (Å²) in [7, 11) is 0. The third-order valence-corrected chi connectivity index (χ3v) is 5.94. The molecule has 3 rings (SSSR count). The SMILES string of the molecule is Cc1ccc(CCNC(=O)N[C@H]2CCO[C@]3(CCSC3)C2)cc1. The number of hydrogen-bond acceptors (Lipinski definition) is 3. The Kier molecular flexibility index (Phi) is 5.49. The Morgan fingerprint density at radius 1 is 1.39 bits per heavy atom. The predicted molar refractivity (Wildman–Crippen MR) is 95.1 cm³/mol. The van der Waals surface area contributed by atoms with Crippen LogP contribution in [-0.4, -0.2) is 42.3 Å². The Morgan fingerprint density at radius 3 is 2.96 bits per heavy atom. The molecule has 2 amide bonds. The van der Waals surface area contributed by atoms with Crippen LogP contribution in [-0.2, 0) is 11.2 Å². The van der Waals surface area contributed by atoms with Crippen molar-refractivity contribution in [2.45, 2.75) is 44.2 Å². The molecule has 2 N–H and O–H groups in total. The van der Waals surface area contributed by atoms with E-state index in [2.05, 4.69) is 41.8 Å². The van der Waals surface area contributed by atoms with Crippen molar-refractivity contribution in [2.24, 2.45) is 0 Å². The molecule has 126 valence electrons. The van der Waals surface area contributed by atoms with Crippen LogP contribution < -0.4 is 10.6 Å². The molecule has 0 radical (unpaired) electrons. The lowest BCUT2D eigenvalue weighted by Crippen LogP contribution is -2.51. The van der Waals surface area contributed by atoms with Crippen molar-refractivity contribution in [1.29, 1.82) is 0 Å². The van der Waals surface area contributed by atoms with E-state index in [0.29, 0.717) is 6.54 Å². The normalized spacial score (nSPS) is 27.1. The number of carbonyl (C=O) groups excluding carboxylic acids is 1. The lowest BCUT2D eigenvalue weighted by molar-refractivity contribution is -0.0684. The third-order valence-electron chi connectivity index (χ3n) is 4.72. The summed E-state index contributed by atoms with van der Waals surface area (Å²) in [5, 5.41) is 6.10. The summed E-state index contributed by atoms with van der Waals surface area (Å²) in [6, 6.07) is 8.64. The van der Waals surface area contributed by atoms with Gasteiger partial charge in [-0.3, -0.25) is 0 Å². The average molecular weight is 334 g/mol. The molecule has 1 aromatic carbocycles. The lowest BCUT2D eigenvalue weighted by Gasteiger charge is -2.37. The topological polar surface area (TPSA) is 50.4 Å². The minimum absolute atomic E-state index is 0.0166. The van der Waals surface area contributed by atoms with Crippen LogP contribution in [0.5, 0.6) is 0 Å². The van der Waals surface area contributed by atoms with Crippen LogP contribution in [0.4, 0.5) is 4.79 Å². The fourth-order valence-corrected chi connectivity index (χ4v) is 4.70. The number of hydrogen-bond donors (Lipinski definition) is 2. The van der Waals surface area contributed by atoms with Gasteiger partial charge in [-0.05, 0) is 43.9 Å². The molecule has 1 spiro atoms. The molecule has 23 heavy (non-hydrogen) atoms. The van der Waals surface area contributed by atoms with Crippen molar-refractivity contribution in [3.8, 4) is 0 Å². The summed E-state index contributed by atoms with van der Waals surface area (Å²) in [5.41, 5.74) is 2.53. The Morgan fingerprint density at radius 2 is 2.22 bits per heavy atom. The van der Waals surface area contributed by atoms with Crippen molar-refractivity contribution in [1.82, 2.24) is 10.6 Å². The summed E-state index contributed by atoms with van der Waals surface area (Å²) in [5.74, 6) is 2.25. The number of nitrogens with one attached hydrogen (secondary N) is 2. The highest BCUT2D eigenvalue weighted by Crippen LogP contribution is 2.38. The molecule has 2 atom stereocenters. The molecule has 0 bridgehead atoms. The summed E-state index contributed by atoms with van der Waals surface area (Å²) < 4.78 is 5.99. The standard InChI is InChI=1S/C18H26N2O2S/c1-14-2-4-15(5-3-14)6-9-19-17(21)20-16-7-10-22-18(12-16)8-11-23-13-18/h2-5,16H,6-13H2,1H3,(H2,19,20,21)/t16-,18+/m0/s1. The zero-order chi connectivity index (χ0) is 16.1. The van der Waals surface area contributed by atoms with Gasteiger partial charge in [0, 0.05) is 24.9 Å². The minimum Gasteiger partial charge on any atom is -0.374 e. The highest BCUT2D eigenvalue weighted by atomic mass is 32.2. The van der Waals surface area contributed by atoms with E-state index >= 15 is 0 Å². The van der Waals surface area contributed by atoms with E-state index in [1.54, 1.807) is 0 Å². The lowest BCUT2D eigenvalue weighted by atomic mass is 9.90. The van der Waals surface area contributed by atoms with Gasteiger partial charge < -0.3 is 15.4 Å². The van der Waals surface area contributed by atoms with Crippen molar-refractivity contribution in [2.75, 3.05) is 24.7 Å². The first-order chi connectivity index (χ1) is 11.2. The van der Waals surface area contributed by atoms with E-state index in [-0.39, 0.29) is 17.7 Å². The molecular formula is C18H26N2O2S. The second-order valence-corrected chi connectivity index (χ2v) is 7.76. The van der Waals surface area contributed by atoms with E-state index < -0.39 is 0 Å². The van der Waals surface area contributed by atoms with Gasteiger partial charge in [0.25, 0.3) is 0 Å². The molecule has 2 heterocycles. The number of aryl methyl sites for hydroxylation is 1. The smallest absolute Gasteiger partial charge is 0.315 e. The van der Waals surface area contributed by atoms with Crippen molar-refractivity contribution < 1.29 is 9.53 Å². The zero-order valence-corrected chi connectivity index (χ0v) is 14.6. The van der Waals surface area contributed by atoms with Crippen LogP contribution >= 0.6 is 11.8 Å². The van der Waals surface area contributed by atoms with Gasteiger partial charge in [-0.25, -0.2) is 4.79 Å². The Labute approximate surface area is 142 Å². The summed E-state index contributed by atoms with van der Waals surface area (Å²) in [4.78, 5) is 12.1. The Hall–Kier alpha value is -1.20. The molecule has 4 nitrogen and oxygen atoms in total. The predicted octanol–water partition coefficient (Wildman–Crippen LogP) is 2.89. The first-order valence-electron chi connectivity index (χ1n) is 8.47. The van der Waals surface area contributed by atoms with Crippen LogP contribution in [0.15, 0.2) is 24.3 Å². The van der Waals surface area contributed by atoms with Gasteiger partial charge in [-0.2, -0.15) is 11.8 Å². The maximum absolute atomic E-state index is 12.1. The molecule has 0 unspecified atom stereocenters. The first kappa shape index (κ1) is 16.7. The highest BCUT2D eigenvalue weighted by Gasteiger charge is 2.40. The minimum atomic E-state index is -0.0511. The van der Waals surface area contributed by atoms with E-state index in [0.717, 1.165) is 38.0 Å². The van der Waals surface area contributed by atoms with Gasteiger partial charge in [0.05, 0.1) is 5.60 Å². The maximum atomic E-state index is 12.1. The van der Waals surface area contributed by atoms with Crippen LogP contribution in [0.1, 0.15) is 30.4 Å². The number of urea groups is 1. The molecule has 1 aromatic rings. The van der Waals surface area contributed by atoms with Gasteiger partial charge in [-0.15, -0.1) is 0 Å². The van der Waals surface area contributed by atoms with E-state index in [4.69, 9.17) is 4.74 Å². The number of carbonyl (C=O) groups is 1. The average Bonchev–Trinajstić information content (AvgIpc) is 2.97. The van der Waals surface area contributed by atoms with Gasteiger partial charge in [0.1, 0.15) is 0 Å². The summed E-state index contributed by atoms with van der Waals surface area (Å²) in [6.45, 7) is 3.51. The van der Waals surface area contributed by atoms with Crippen LogP contribution in [0.3, 0.4) is 0 Å². The molecule has 0 aromatic heterocycles. The molecule has 0 aliphatic carbocycles. The Balaban J connectivity index is 1.39. The van der Waals surface area contributed by atoms with Crippen molar-refractivity contribution in [3.05, 3.63) is 35.4 Å². The summed E-state index contributed by atoms with van der Waals surface area (Å²) >= 11 is 1.96. The first-order valence-corrected chi connectivity index (χ1v) is 9.62. The van der Waals surface area contributed by atoms with E-state index in [1.165, 1.54) is 16.9 Å². The van der Waals surface area contributed by atoms with Gasteiger partial charge in [0.2, 0.25) is 0 Å². The monoisotopic (exact) mass is 334 g/mol. The second-order valence-electron chi connectivity index (χ2n) is 6.66. The van der Waals surface area contributed by atoms with Crippen molar-refractivity contribution in [3.63, 3.8) is 0 Å². The van der Waals surface area contributed by atoms with E-state index in [9.17, 15) is 4.79 Å². The van der Waals surface area contributed by atoms with Gasteiger partial charge >= 0.3 is 6.03 Å². The van der Waals surface area contributed by atoms with Gasteiger partial charge in [-0.1, -0.05) is 29.8 Å². The van der Waals surface area contributed by atoms with E-state index in [1.807, 2.05) is 11.8 Å². The highest BCUT2D eigenvalue weighted by molar-refractivity contribution is 7.99. The number of amides is 2. The molecule has 2 saturated heterocycles. The molecule has 2 aliphatic rings. The van der Waals surface area contributed by atoms with Crippen molar-refractivity contribution >= 4 is 17.8 Å². The fraction of sp³-hybridized carbons (Fsp3) is 0.611. The molecule has 0 saturated carbocycles. The van der Waals surface area contributed by atoms with Crippen LogP contribution in [0, 0.1) is 6.92 Å². The molecule has 2 fully saturated rings. The number of benzene rings is 1. The quantitative estimate of drug-likeness (QED) is 0.890. The maximum Gasteiger partial charge on any atom is 0.315 e. The Bertz CT molecular complexity index is 526. The number of rotatable bonds is 4. The second kappa shape index (κ2) is 7.58. The van der Waals surface area contributed by atoms with Gasteiger partial charge in [0.15, 0.2) is 0 Å². The largest absolute Gasteiger partial charge is 0.374 e. The molecule has 5 heteroatoms. The number of thioether (sulfide) groups is 1. The summed E-state index contributed by atoms with van der Waals surface area (Å²) in [6.07, 6.45) is 3.84. The zero-order valence-electron chi connectivity index (χ0n) is 13.8. The molecular weight excluding hydrogens is 308 g/mol. The third kappa shape index (κ3) is 4.64. The molecule has 2 aliphatic heterocycles.